The molecule has 0 spiro atoms. The fraction of sp³-hybridized carbons (Fsp3) is 0.800. The van der Waals surface area contributed by atoms with Crippen molar-refractivity contribution >= 4 is 22.3 Å². The molecule has 0 aliphatic carbocycles. The van der Waals surface area contributed by atoms with Crippen LogP contribution in [-0.2, 0) is 19.8 Å². The van der Waals surface area contributed by atoms with E-state index in [2.05, 4.69) is 5.32 Å². The quantitative estimate of drug-likeness (QED) is 0.572. The van der Waals surface area contributed by atoms with Crippen LogP contribution in [0, 0.1) is 0 Å². The van der Waals surface area contributed by atoms with Gasteiger partial charge >= 0.3 is 16.4 Å². The van der Waals surface area contributed by atoms with Gasteiger partial charge in [-0.05, 0) is 27.2 Å². The van der Waals surface area contributed by atoms with Gasteiger partial charge in [0, 0.05) is 0 Å². The maximum atomic E-state index is 11.6. The molecule has 0 saturated carbocycles. The van der Waals surface area contributed by atoms with E-state index >= 15 is 0 Å². The molecular weight excluding hydrogens is 276 g/mol. The Morgan fingerprint density at radius 3 is 2.37 bits per heavy atom. The first-order chi connectivity index (χ1) is 8.47. The molecule has 0 radical (unpaired) electrons. The van der Waals surface area contributed by atoms with E-state index in [1.54, 1.807) is 27.7 Å². The summed E-state index contributed by atoms with van der Waals surface area (Å²) >= 11 is 0. The van der Waals surface area contributed by atoms with E-state index in [9.17, 15) is 18.0 Å². The highest BCUT2D eigenvalue weighted by molar-refractivity contribution is 7.84. The molecule has 0 aromatic rings. The highest BCUT2D eigenvalue weighted by atomic mass is 32.2. The normalized spacial score (nSPS) is 23.8. The molecule has 0 bridgehead atoms. The minimum Gasteiger partial charge on any atom is -0.444 e. The fourth-order valence-electron chi connectivity index (χ4n) is 1.80. The Morgan fingerprint density at radius 1 is 1.47 bits per heavy atom. The average Bonchev–Trinajstić information content (AvgIpc) is 2.17. The molecule has 0 unspecified atom stereocenters. The maximum absolute atomic E-state index is 11.6. The number of hydrogen-bond acceptors (Lipinski definition) is 5. The summed E-state index contributed by atoms with van der Waals surface area (Å²) in [5.74, 6) is -0.875. The van der Waals surface area contributed by atoms with Crippen molar-refractivity contribution in [1.82, 2.24) is 9.62 Å². The van der Waals surface area contributed by atoms with Gasteiger partial charge in [-0.25, -0.2) is 9.10 Å². The summed E-state index contributed by atoms with van der Waals surface area (Å²) in [5, 5.41) is 2.30. The van der Waals surface area contributed by atoms with Gasteiger partial charge in [0.15, 0.2) is 0 Å². The first-order valence-corrected chi connectivity index (χ1v) is 7.17. The van der Waals surface area contributed by atoms with Crippen LogP contribution in [0.5, 0.6) is 0 Å². The molecule has 1 heterocycles. The Kier molecular flexibility index (Phi) is 4.11. The number of rotatable bonds is 3. The zero-order valence-electron chi connectivity index (χ0n) is 11.2. The summed E-state index contributed by atoms with van der Waals surface area (Å²) in [6.07, 6.45) is -0.536. The number of hydrogen-bond donors (Lipinski definition) is 2. The summed E-state index contributed by atoms with van der Waals surface area (Å²) in [7, 11) is -4.59. The van der Waals surface area contributed by atoms with Crippen LogP contribution in [0.15, 0.2) is 0 Å². The molecule has 2 N–H and O–H groups in total. The van der Waals surface area contributed by atoms with Crippen molar-refractivity contribution in [2.45, 2.75) is 51.8 Å². The van der Waals surface area contributed by atoms with Crippen LogP contribution in [0.2, 0.25) is 0 Å². The van der Waals surface area contributed by atoms with Crippen molar-refractivity contribution in [1.29, 1.82) is 0 Å². The molecule has 2 atom stereocenters. The van der Waals surface area contributed by atoms with Gasteiger partial charge in [-0.3, -0.25) is 9.35 Å². The molecule has 1 saturated heterocycles. The monoisotopic (exact) mass is 294 g/mol. The van der Waals surface area contributed by atoms with Crippen LogP contribution >= 0.6 is 0 Å². The smallest absolute Gasteiger partial charge is 0.408 e. The second-order valence-corrected chi connectivity index (χ2v) is 6.50. The number of nitrogens with one attached hydrogen (secondary N) is 1. The number of ether oxygens (including phenoxy) is 1. The maximum Gasteiger partial charge on any atom is 0.408 e. The topological polar surface area (TPSA) is 113 Å². The number of β-lactam (4-membered cyclic amide) rings is 1. The molecule has 0 aromatic heterocycles. The minimum absolute atomic E-state index is 0.270. The number of amides is 2. The van der Waals surface area contributed by atoms with E-state index < -0.39 is 40.0 Å². The average molecular weight is 294 g/mol. The lowest BCUT2D eigenvalue weighted by Gasteiger charge is -2.43. The van der Waals surface area contributed by atoms with Gasteiger partial charge in [-0.2, -0.15) is 8.42 Å². The Balaban J connectivity index is 2.72. The van der Waals surface area contributed by atoms with Crippen molar-refractivity contribution in [3.05, 3.63) is 0 Å². The van der Waals surface area contributed by atoms with E-state index in [4.69, 9.17) is 9.29 Å². The van der Waals surface area contributed by atoms with Crippen LogP contribution in [0.1, 0.15) is 34.1 Å². The summed E-state index contributed by atoms with van der Waals surface area (Å²) < 4.78 is 36.2. The molecule has 1 aliphatic heterocycles. The zero-order valence-corrected chi connectivity index (χ0v) is 12.0. The van der Waals surface area contributed by atoms with Crippen molar-refractivity contribution in [3.63, 3.8) is 0 Å². The first-order valence-electron chi connectivity index (χ1n) is 5.77. The standard InChI is InChI=1S/C10H18N2O6S/c1-5-6-7(8(13)12(6)19(15,16)17)11-9(14)18-10(2,3)4/h6-7H,5H2,1-4H3,(H,11,14)(H,15,16,17)/t6-,7-/m1/s1. The lowest BCUT2D eigenvalue weighted by molar-refractivity contribution is -0.142. The Labute approximate surface area is 112 Å². The molecule has 2 amide bonds. The molecule has 110 valence electrons. The highest BCUT2D eigenvalue weighted by Crippen LogP contribution is 2.26. The number of carbonyl (C=O) groups excluding carboxylic acids is 2. The predicted molar refractivity (Wildman–Crippen MR) is 65.6 cm³/mol. The molecule has 1 rings (SSSR count). The fourth-order valence-corrected chi connectivity index (χ4v) is 2.75. The van der Waals surface area contributed by atoms with E-state index in [1.165, 1.54) is 0 Å². The molecule has 1 fully saturated rings. The SMILES string of the molecule is CC[C@@H]1[C@@H](NC(=O)OC(C)(C)C)C(=O)N1S(=O)(=O)O. The van der Waals surface area contributed by atoms with Gasteiger partial charge in [0.05, 0.1) is 6.04 Å². The lowest BCUT2D eigenvalue weighted by atomic mass is 9.97. The second kappa shape index (κ2) is 4.97. The molecule has 19 heavy (non-hydrogen) atoms. The number of nitrogens with zero attached hydrogens (tertiary/aromatic N) is 1. The van der Waals surface area contributed by atoms with Crippen LogP contribution < -0.4 is 5.32 Å². The summed E-state index contributed by atoms with van der Waals surface area (Å²) in [6.45, 7) is 6.63. The number of alkyl carbamates (subject to hydrolysis) is 1. The van der Waals surface area contributed by atoms with Crippen LogP contribution in [0.4, 0.5) is 4.79 Å². The Morgan fingerprint density at radius 2 is 2.00 bits per heavy atom. The van der Waals surface area contributed by atoms with Gasteiger partial charge in [-0.15, -0.1) is 0 Å². The zero-order chi connectivity index (χ0) is 15.0. The van der Waals surface area contributed by atoms with Crippen molar-refractivity contribution in [3.8, 4) is 0 Å². The van der Waals surface area contributed by atoms with E-state index in [-0.39, 0.29) is 6.42 Å². The molecule has 8 nitrogen and oxygen atoms in total. The largest absolute Gasteiger partial charge is 0.444 e. The number of carbonyl (C=O) groups is 2. The van der Waals surface area contributed by atoms with Crippen molar-refractivity contribution in [2.24, 2.45) is 0 Å². The third kappa shape index (κ3) is 3.57. The van der Waals surface area contributed by atoms with Crippen LogP contribution in [-0.4, -0.2) is 47.0 Å². The van der Waals surface area contributed by atoms with E-state index in [1.807, 2.05) is 0 Å². The summed E-state index contributed by atoms with van der Waals surface area (Å²) in [5.41, 5.74) is -0.721. The third-order valence-corrected chi connectivity index (χ3v) is 3.46. The van der Waals surface area contributed by atoms with Gasteiger partial charge in [0.25, 0.3) is 5.91 Å². The van der Waals surface area contributed by atoms with E-state index in [0.717, 1.165) is 0 Å². The molecule has 9 heteroatoms. The molecule has 0 aromatic carbocycles. The highest BCUT2D eigenvalue weighted by Gasteiger charge is 2.53. The minimum atomic E-state index is -4.59. The second-order valence-electron chi connectivity index (χ2n) is 5.21. The van der Waals surface area contributed by atoms with Gasteiger partial charge in [-0.1, -0.05) is 6.92 Å². The first kappa shape index (κ1) is 15.7. The van der Waals surface area contributed by atoms with Gasteiger partial charge in [0.2, 0.25) is 0 Å². The molecular formula is C10H18N2O6S. The van der Waals surface area contributed by atoms with Crippen molar-refractivity contribution in [2.75, 3.05) is 0 Å². The summed E-state index contributed by atoms with van der Waals surface area (Å²) in [6, 6.07) is -1.79. The van der Waals surface area contributed by atoms with Crippen LogP contribution in [0.25, 0.3) is 0 Å². The molecule has 1 aliphatic rings. The third-order valence-electron chi connectivity index (χ3n) is 2.51. The van der Waals surface area contributed by atoms with E-state index in [0.29, 0.717) is 4.31 Å². The van der Waals surface area contributed by atoms with Crippen LogP contribution in [0.3, 0.4) is 0 Å². The lowest BCUT2D eigenvalue weighted by Crippen LogP contribution is -2.71. The Bertz CT molecular complexity index is 481. The van der Waals surface area contributed by atoms with Gasteiger partial charge < -0.3 is 10.1 Å². The predicted octanol–water partition coefficient (Wildman–Crippen LogP) is 0.303. The Hall–Kier alpha value is -1.35. The van der Waals surface area contributed by atoms with Gasteiger partial charge in [0.1, 0.15) is 11.6 Å². The summed E-state index contributed by atoms with van der Waals surface area (Å²) in [4.78, 5) is 23.1. The van der Waals surface area contributed by atoms with Crippen molar-refractivity contribution < 1.29 is 27.3 Å².